The number of aryl methyl sites for hydroxylation is 1. The molecule has 0 aliphatic carbocycles. The summed E-state index contributed by atoms with van der Waals surface area (Å²) in [5.41, 5.74) is 4.13. The van der Waals surface area contributed by atoms with Crippen LogP contribution in [0.4, 0.5) is 0 Å². The molecule has 26 heavy (non-hydrogen) atoms. The standard InChI is InChI=1S/C21H22N4O/c1-14-6-8-16(9-7-14)19-10-15(2)25(12-19)21(26)18-5-3-4-17(11-18)20-22-13-23-24-20/h3-9,11,13,15,19H,10,12H2,1-2H3,(H,22,23,24)/t15-,19+/m0/s1. The Hall–Kier alpha value is -2.95. The van der Waals surface area contributed by atoms with Gasteiger partial charge >= 0.3 is 0 Å². The van der Waals surface area contributed by atoms with E-state index in [4.69, 9.17) is 0 Å². The van der Waals surface area contributed by atoms with Gasteiger partial charge in [0.2, 0.25) is 0 Å². The number of likely N-dealkylation sites (tertiary alicyclic amines) is 1. The first-order valence-corrected chi connectivity index (χ1v) is 8.95. The highest BCUT2D eigenvalue weighted by Crippen LogP contribution is 2.33. The minimum absolute atomic E-state index is 0.0773. The van der Waals surface area contributed by atoms with Crippen molar-refractivity contribution >= 4 is 5.91 Å². The van der Waals surface area contributed by atoms with Crippen LogP contribution in [-0.4, -0.2) is 38.6 Å². The van der Waals surface area contributed by atoms with Gasteiger partial charge in [-0.05, 0) is 38.0 Å². The Morgan fingerprint density at radius 2 is 2.00 bits per heavy atom. The Bertz CT molecular complexity index is 902. The number of aromatic nitrogens is 3. The number of carbonyl (C=O) groups is 1. The molecule has 132 valence electrons. The predicted octanol–water partition coefficient (Wildman–Crippen LogP) is 3.80. The number of nitrogens with one attached hydrogen (secondary N) is 1. The van der Waals surface area contributed by atoms with Gasteiger partial charge in [0.25, 0.3) is 5.91 Å². The molecule has 1 aliphatic heterocycles. The van der Waals surface area contributed by atoms with Crippen LogP contribution in [0.3, 0.4) is 0 Å². The molecule has 0 radical (unpaired) electrons. The fourth-order valence-corrected chi connectivity index (χ4v) is 3.70. The number of H-pyrrole nitrogens is 1. The molecule has 0 unspecified atom stereocenters. The molecular formula is C21H22N4O. The lowest BCUT2D eigenvalue weighted by Crippen LogP contribution is -2.33. The van der Waals surface area contributed by atoms with Crippen molar-refractivity contribution in [1.82, 2.24) is 20.1 Å². The van der Waals surface area contributed by atoms with E-state index < -0.39 is 0 Å². The number of rotatable bonds is 3. The van der Waals surface area contributed by atoms with Crippen molar-refractivity contribution in [2.24, 2.45) is 0 Å². The molecule has 0 spiro atoms. The second-order valence-electron chi connectivity index (χ2n) is 7.06. The number of hydrogen-bond acceptors (Lipinski definition) is 3. The summed E-state index contributed by atoms with van der Waals surface area (Å²) in [6.07, 6.45) is 2.47. The molecule has 4 rings (SSSR count). The van der Waals surface area contributed by atoms with Crippen molar-refractivity contribution in [1.29, 1.82) is 0 Å². The molecule has 1 aliphatic rings. The van der Waals surface area contributed by atoms with Crippen LogP contribution in [0.25, 0.3) is 11.4 Å². The van der Waals surface area contributed by atoms with Crippen LogP contribution < -0.4 is 0 Å². The molecule has 3 aromatic rings. The highest BCUT2D eigenvalue weighted by molar-refractivity contribution is 5.95. The molecule has 5 heteroatoms. The molecule has 1 saturated heterocycles. The first kappa shape index (κ1) is 16.5. The molecular weight excluding hydrogens is 324 g/mol. The van der Waals surface area contributed by atoms with Gasteiger partial charge < -0.3 is 4.90 Å². The van der Waals surface area contributed by atoms with Crippen molar-refractivity contribution in [3.8, 4) is 11.4 Å². The Morgan fingerprint density at radius 1 is 1.19 bits per heavy atom. The molecule has 5 nitrogen and oxygen atoms in total. The average molecular weight is 346 g/mol. The third-order valence-corrected chi connectivity index (χ3v) is 5.18. The van der Waals surface area contributed by atoms with Gasteiger partial charge in [-0.2, -0.15) is 5.10 Å². The van der Waals surface area contributed by atoms with Gasteiger partial charge in [0.1, 0.15) is 6.33 Å². The van der Waals surface area contributed by atoms with E-state index in [-0.39, 0.29) is 11.9 Å². The fourth-order valence-electron chi connectivity index (χ4n) is 3.70. The molecule has 2 heterocycles. The maximum Gasteiger partial charge on any atom is 0.254 e. The number of amides is 1. The maximum atomic E-state index is 13.1. The first-order valence-electron chi connectivity index (χ1n) is 8.95. The van der Waals surface area contributed by atoms with Gasteiger partial charge in [-0.25, -0.2) is 4.98 Å². The van der Waals surface area contributed by atoms with E-state index >= 15 is 0 Å². The zero-order valence-electron chi connectivity index (χ0n) is 15.0. The van der Waals surface area contributed by atoms with Crippen LogP contribution in [-0.2, 0) is 0 Å². The van der Waals surface area contributed by atoms with Gasteiger partial charge in [-0.1, -0.05) is 42.0 Å². The van der Waals surface area contributed by atoms with Crippen molar-refractivity contribution < 1.29 is 4.79 Å². The minimum Gasteiger partial charge on any atom is -0.335 e. The predicted molar refractivity (Wildman–Crippen MR) is 101 cm³/mol. The van der Waals surface area contributed by atoms with Crippen LogP contribution in [0.2, 0.25) is 0 Å². The lowest BCUT2D eigenvalue weighted by atomic mass is 9.96. The Kier molecular flexibility index (Phi) is 4.29. The summed E-state index contributed by atoms with van der Waals surface area (Å²) < 4.78 is 0. The normalized spacial score (nSPS) is 19.7. The molecule has 1 fully saturated rings. The van der Waals surface area contributed by atoms with Gasteiger partial charge in [0.05, 0.1) is 0 Å². The quantitative estimate of drug-likeness (QED) is 0.785. The molecule has 1 amide bonds. The van der Waals surface area contributed by atoms with Gasteiger partial charge in [-0.15, -0.1) is 0 Å². The van der Waals surface area contributed by atoms with E-state index in [0.29, 0.717) is 17.3 Å². The van der Waals surface area contributed by atoms with Gasteiger partial charge in [0.15, 0.2) is 5.82 Å². The third-order valence-electron chi connectivity index (χ3n) is 5.18. The van der Waals surface area contributed by atoms with Crippen molar-refractivity contribution in [2.75, 3.05) is 6.54 Å². The fraction of sp³-hybridized carbons (Fsp3) is 0.286. The van der Waals surface area contributed by atoms with Crippen LogP contribution in [0.1, 0.15) is 40.7 Å². The first-order chi connectivity index (χ1) is 12.6. The minimum atomic E-state index is 0.0773. The summed E-state index contributed by atoms with van der Waals surface area (Å²) in [7, 11) is 0. The molecule has 2 aromatic carbocycles. The van der Waals surface area contributed by atoms with Gasteiger partial charge in [-0.3, -0.25) is 9.89 Å². The summed E-state index contributed by atoms with van der Waals surface area (Å²) in [5, 5.41) is 6.73. The molecule has 0 saturated carbocycles. The van der Waals surface area contributed by atoms with E-state index in [0.717, 1.165) is 18.5 Å². The number of nitrogens with zero attached hydrogens (tertiary/aromatic N) is 3. The summed E-state index contributed by atoms with van der Waals surface area (Å²) in [5.74, 6) is 1.15. The number of carbonyl (C=O) groups excluding carboxylic acids is 1. The smallest absolute Gasteiger partial charge is 0.254 e. The lowest BCUT2D eigenvalue weighted by Gasteiger charge is -2.22. The summed E-state index contributed by atoms with van der Waals surface area (Å²) >= 11 is 0. The second-order valence-corrected chi connectivity index (χ2v) is 7.06. The third kappa shape index (κ3) is 3.12. The largest absolute Gasteiger partial charge is 0.335 e. The monoisotopic (exact) mass is 346 g/mol. The van der Waals surface area contributed by atoms with Crippen LogP contribution in [0.5, 0.6) is 0 Å². The Balaban J connectivity index is 1.55. The van der Waals surface area contributed by atoms with E-state index in [1.54, 1.807) is 0 Å². The zero-order chi connectivity index (χ0) is 18.1. The summed E-state index contributed by atoms with van der Waals surface area (Å²) in [4.78, 5) is 19.2. The highest BCUT2D eigenvalue weighted by atomic mass is 16.2. The van der Waals surface area contributed by atoms with E-state index in [1.807, 2.05) is 29.2 Å². The topological polar surface area (TPSA) is 61.9 Å². The Morgan fingerprint density at radius 3 is 2.73 bits per heavy atom. The zero-order valence-corrected chi connectivity index (χ0v) is 15.0. The van der Waals surface area contributed by atoms with Crippen molar-refractivity contribution in [3.63, 3.8) is 0 Å². The van der Waals surface area contributed by atoms with E-state index in [1.165, 1.54) is 17.5 Å². The molecule has 1 aromatic heterocycles. The second kappa shape index (κ2) is 6.75. The highest BCUT2D eigenvalue weighted by Gasteiger charge is 2.33. The number of hydrogen-bond donors (Lipinski definition) is 1. The molecule has 1 N–H and O–H groups in total. The van der Waals surface area contributed by atoms with Crippen LogP contribution in [0, 0.1) is 6.92 Å². The van der Waals surface area contributed by atoms with Crippen molar-refractivity contribution in [3.05, 3.63) is 71.5 Å². The summed E-state index contributed by atoms with van der Waals surface area (Å²) in [6, 6.07) is 16.5. The number of aromatic amines is 1. The summed E-state index contributed by atoms with van der Waals surface area (Å²) in [6.45, 7) is 4.99. The number of benzene rings is 2. The van der Waals surface area contributed by atoms with E-state index in [2.05, 4.69) is 53.3 Å². The van der Waals surface area contributed by atoms with Crippen LogP contribution >= 0.6 is 0 Å². The maximum absolute atomic E-state index is 13.1. The van der Waals surface area contributed by atoms with Gasteiger partial charge in [0, 0.05) is 29.6 Å². The molecule has 2 atom stereocenters. The SMILES string of the molecule is Cc1ccc([C@@H]2C[C@H](C)N(C(=O)c3cccc(-c4ncn[nH]4)c3)C2)cc1. The van der Waals surface area contributed by atoms with Crippen LogP contribution in [0.15, 0.2) is 54.9 Å². The van der Waals surface area contributed by atoms with E-state index in [9.17, 15) is 4.79 Å². The lowest BCUT2D eigenvalue weighted by molar-refractivity contribution is 0.0746. The Labute approximate surface area is 153 Å². The average Bonchev–Trinajstić information content (AvgIpc) is 3.32. The van der Waals surface area contributed by atoms with Crippen molar-refractivity contribution in [2.45, 2.75) is 32.2 Å². The molecule has 0 bridgehead atoms.